The smallest absolute Gasteiger partial charge is 0.343 e. The van der Waals surface area contributed by atoms with E-state index in [2.05, 4.69) is 15.4 Å². The molecule has 0 bridgehead atoms. The average Bonchev–Trinajstić information content (AvgIpc) is 2.73. The monoisotopic (exact) mass is 301 g/mol. The van der Waals surface area contributed by atoms with E-state index in [0.29, 0.717) is 11.8 Å². The van der Waals surface area contributed by atoms with Crippen molar-refractivity contribution in [1.29, 1.82) is 0 Å². The molecule has 10 heteroatoms. The van der Waals surface area contributed by atoms with Crippen molar-refractivity contribution < 1.29 is 14.0 Å². The molecule has 0 saturated heterocycles. The number of benzene rings is 1. The molecule has 0 spiro atoms. The summed E-state index contributed by atoms with van der Waals surface area (Å²) in [5.41, 5.74) is 4.67. The zero-order valence-electron chi connectivity index (χ0n) is 10.1. The highest BCUT2D eigenvalue weighted by Crippen LogP contribution is 2.30. The maximum absolute atomic E-state index is 13.9. The van der Waals surface area contributed by atoms with E-state index in [0.717, 1.165) is 16.7 Å². The lowest BCUT2D eigenvalue weighted by Gasteiger charge is -2.06. The molecule has 0 saturated carbocycles. The van der Waals surface area contributed by atoms with Crippen LogP contribution in [0, 0.1) is 11.6 Å². The van der Waals surface area contributed by atoms with Gasteiger partial charge in [-0.25, -0.2) is 18.7 Å². The van der Waals surface area contributed by atoms with Gasteiger partial charge in [-0.1, -0.05) is 5.16 Å². The first-order chi connectivity index (χ1) is 9.43. The van der Waals surface area contributed by atoms with Gasteiger partial charge in [0.2, 0.25) is 0 Å². The molecule has 1 aromatic heterocycles. The Morgan fingerprint density at radius 2 is 2.10 bits per heavy atom. The molecule has 0 atom stereocenters. The topological polar surface area (TPSA) is 109 Å². The number of nitrogens with zero attached hydrogens (tertiary/aromatic N) is 3. The van der Waals surface area contributed by atoms with Crippen LogP contribution in [0.3, 0.4) is 0 Å². The third kappa shape index (κ3) is 2.50. The largest absolute Gasteiger partial charge is 0.409 e. The fraction of sp³-hybridized carbons (Fsp3) is 0.100. The number of oxime groups is 1. The summed E-state index contributed by atoms with van der Waals surface area (Å²) in [6.45, 7) is 0. The molecule has 7 nitrogen and oxygen atoms in total. The summed E-state index contributed by atoms with van der Waals surface area (Å²) in [4.78, 5) is 10.8. The molecule has 0 radical (unpaired) electrons. The highest BCUT2D eigenvalue weighted by Gasteiger charge is 2.17. The van der Waals surface area contributed by atoms with E-state index >= 15 is 0 Å². The molecule has 20 heavy (non-hydrogen) atoms. The van der Waals surface area contributed by atoms with Gasteiger partial charge in [0.25, 0.3) is 0 Å². The summed E-state index contributed by atoms with van der Waals surface area (Å²) in [6.07, 6.45) is 0. The van der Waals surface area contributed by atoms with E-state index in [1.807, 2.05) is 0 Å². The van der Waals surface area contributed by atoms with Crippen molar-refractivity contribution in [2.75, 3.05) is 0 Å². The molecule has 2 aromatic rings. The predicted octanol–water partition coefficient (Wildman–Crippen LogP) is 0.632. The van der Waals surface area contributed by atoms with Crippen LogP contribution in [0.25, 0.3) is 0 Å². The maximum atomic E-state index is 13.9. The third-order valence-electron chi connectivity index (χ3n) is 2.43. The molecule has 0 aliphatic heterocycles. The molecule has 106 valence electrons. The second kappa shape index (κ2) is 5.33. The normalized spacial score (nSPS) is 11.8. The highest BCUT2D eigenvalue weighted by atomic mass is 32.2. The van der Waals surface area contributed by atoms with Crippen molar-refractivity contribution in [3.8, 4) is 0 Å². The number of halogens is 2. The van der Waals surface area contributed by atoms with Crippen LogP contribution in [0.4, 0.5) is 8.78 Å². The van der Waals surface area contributed by atoms with Crippen LogP contribution in [-0.2, 0) is 7.05 Å². The summed E-state index contributed by atoms with van der Waals surface area (Å²) in [7, 11) is 1.41. The van der Waals surface area contributed by atoms with Gasteiger partial charge in [0.1, 0.15) is 11.6 Å². The van der Waals surface area contributed by atoms with Crippen LogP contribution in [0.1, 0.15) is 5.56 Å². The lowest BCUT2D eigenvalue weighted by Crippen LogP contribution is -2.14. The third-order valence-corrected chi connectivity index (χ3v) is 3.58. The first kappa shape index (κ1) is 14.1. The van der Waals surface area contributed by atoms with E-state index < -0.39 is 23.2 Å². The number of hydrogen-bond donors (Lipinski definition) is 3. The van der Waals surface area contributed by atoms with Crippen molar-refractivity contribution in [3.05, 3.63) is 39.8 Å². The van der Waals surface area contributed by atoms with Crippen molar-refractivity contribution in [2.45, 2.75) is 10.1 Å². The number of nitrogens with one attached hydrogen (secondary N) is 1. The Balaban J connectivity index is 2.43. The zero-order chi connectivity index (χ0) is 14.9. The molecule has 0 aliphatic carbocycles. The Bertz CT molecular complexity index is 716. The van der Waals surface area contributed by atoms with Gasteiger partial charge in [0.05, 0.1) is 4.90 Å². The Kier molecular flexibility index (Phi) is 3.74. The Labute approximate surface area is 115 Å². The fourth-order valence-corrected chi connectivity index (χ4v) is 2.18. The van der Waals surface area contributed by atoms with Crippen molar-refractivity contribution in [3.63, 3.8) is 0 Å². The fourth-order valence-electron chi connectivity index (χ4n) is 1.38. The van der Waals surface area contributed by atoms with Crippen LogP contribution < -0.4 is 11.4 Å². The average molecular weight is 301 g/mol. The van der Waals surface area contributed by atoms with Gasteiger partial charge in [0.15, 0.2) is 11.0 Å². The van der Waals surface area contributed by atoms with Crippen LogP contribution in [0.2, 0.25) is 0 Å². The quantitative estimate of drug-likeness (QED) is 0.333. The first-order valence-electron chi connectivity index (χ1n) is 5.20. The minimum absolute atomic E-state index is 0.0947. The van der Waals surface area contributed by atoms with Crippen LogP contribution in [0.5, 0.6) is 0 Å². The lowest BCUT2D eigenvalue weighted by molar-refractivity contribution is 0.318. The van der Waals surface area contributed by atoms with Gasteiger partial charge < -0.3 is 10.9 Å². The van der Waals surface area contributed by atoms with Crippen molar-refractivity contribution in [2.24, 2.45) is 17.9 Å². The summed E-state index contributed by atoms with van der Waals surface area (Å²) < 4.78 is 28.8. The SMILES string of the molecule is Cn1c(Sc2c(F)cc(C(N)=NO)cc2F)n[nH]c1=O. The van der Waals surface area contributed by atoms with Gasteiger partial charge in [0, 0.05) is 12.6 Å². The molecule has 1 aromatic carbocycles. The maximum Gasteiger partial charge on any atom is 0.343 e. The summed E-state index contributed by atoms with van der Waals surface area (Å²) in [5, 5.41) is 17.0. The Morgan fingerprint density at radius 3 is 2.55 bits per heavy atom. The number of aromatic nitrogens is 3. The van der Waals surface area contributed by atoms with E-state index in [1.54, 1.807) is 0 Å². The van der Waals surface area contributed by atoms with Gasteiger partial charge in [-0.15, -0.1) is 5.10 Å². The summed E-state index contributed by atoms with van der Waals surface area (Å²) in [6, 6.07) is 1.84. The molecular formula is C10H9F2N5O2S. The first-order valence-corrected chi connectivity index (χ1v) is 6.02. The van der Waals surface area contributed by atoms with Crippen LogP contribution >= 0.6 is 11.8 Å². The van der Waals surface area contributed by atoms with E-state index in [1.165, 1.54) is 7.05 Å². The minimum Gasteiger partial charge on any atom is -0.409 e. The molecule has 0 amide bonds. The molecular weight excluding hydrogens is 292 g/mol. The number of nitrogens with two attached hydrogens (primary N) is 1. The van der Waals surface area contributed by atoms with Gasteiger partial charge >= 0.3 is 5.69 Å². The summed E-state index contributed by atoms with van der Waals surface area (Å²) >= 11 is 0.644. The predicted molar refractivity (Wildman–Crippen MR) is 66.8 cm³/mol. The molecule has 0 aliphatic rings. The van der Waals surface area contributed by atoms with Gasteiger partial charge in [-0.3, -0.25) is 4.57 Å². The van der Waals surface area contributed by atoms with Crippen molar-refractivity contribution in [1.82, 2.24) is 14.8 Å². The van der Waals surface area contributed by atoms with E-state index in [4.69, 9.17) is 10.9 Å². The molecule has 0 unspecified atom stereocenters. The molecule has 1 heterocycles. The second-order valence-electron chi connectivity index (χ2n) is 3.73. The Hall–Kier alpha value is -2.36. The van der Waals surface area contributed by atoms with E-state index in [-0.39, 0.29) is 15.6 Å². The van der Waals surface area contributed by atoms with Crippen LogP contribution in [-0.4, -0.2) is 25.8 Å². The lowest BCUT2D eigenvalue weighted by atomic mass is 10.2. The number of amidine groups is 1. The van der Waals surface area contributed by atoms with Crippen molar-refractivity contribution >= 4 is 17.6 Å². The standard InChI is InChI=1S/C10H9F2N5O2S/c1-17-9(18)14-15-10(17)20-7-5(11)2-4(3-6(7)12)8(13)16-19/h2-3,19H,1H3,(H2,13,16)(H,14,18). The van der Waals surface area contributed by atoms with E-state index in [9.17, 15) is 13.6 Å². The van der Waals surface area contributed by atoms with Gasteiger partial charge in [-0.2, -0.15) is 0 Å². The molecule has 2 rings (SSSR count). The molecule has 4 N–H and O–H groups in total. The number of hydrogen-bond acceptors (Lipinski definition) is 5. The summed E-state index contributed by atoms with van der Waals surface area (Å²) in [5.74, 6) is -2.23. The molecule has 0 fully saturated rings. The zero-order valence-corrected chi connectivity index (χ0v) is 10.9. The second-order valence-corrected chi connectivity index (χ2v) is 4.70. The minimum atomic E-state index is -0.910. The Morgan fingerprint density at radius 1 is 1.50 bits per heavy atom. The number of aromatic amines is 1. The number of H-pyrrole nitrogens is 1. The van der Waals surface area contributed by atoms with Crippen LogP contribution in [0.15, 0.2) is 32.1 Å². The number of rotatable bonds is 3. The van der Waals surface area contributed by atoms with Gasteiger partial charge in [-0.05, 0) is 23.9 Å². The highest BCUT2D eigenvalue weighted by molar-refractivity contribution is 7.99.